The molecule has 1 saturated carbocycles. The predicted octanol–water partition coefficient (Wildman–Crippen LogP) is 1.58. The summed E-state index contributed by atoms with van der Waals surface area (Å²) in [6.45, 7) is 14.1. The molecule has 0 aromatic rings. The zero-order valence-corrected chi connectivity index (χ0v) is 16.0. The first-order chi connectivity index (χ1) is 11.6. The normalized spacial score (nSPS) is 16.1. The Kier molecular flexibility index (Phi) is 10.5. The Morgan fingerprint density at radius 1 is 1.21 bits per heavy atom. The molecule has 1 rings (SSSR count). The Hall–Kier alpha value is -1.30. The van der Waals surface area contributed by atoms with Crippen molar-refractivity contribution >= 4 is 11.9 Å². The van der Waals surface area contributed by atoms with Crippen molar-refractivity contribution in [1.29, 1.82) is 0 Å². The molecule has 0 radical (unpaired) electrons. The van der Waals surface area contributed by atoms with Crippen LogP contribution >= 0.6 is 0 Å². The molecule has 0 aliphatic heterocycles. The molecule has 0 bridgehead atoms. The number of rotatable bonds is 12. The van der Waals surface area contributed by atoms with Crippen molar-refractivity contribution in [2.75, 3.05) is 39.3 Å². The van der Waals surface area contributed by atoms with E-state index < -0.39 is 0 Å². The van der Waals surface area contributed by atoms with E-state index in [2.05, 4.69) is 53.5 Å². The molecule has 0 aromatic carbocycles. The molecule has 1 fully saturated rings. The standard InChI is InChI=1S/C18H37N5O/c1-5-19-18(21-13-12-20-17(24)16-10-11-16)22-15(4)9-8-14-23(6-2)7-3/h15-16H,5-14H2,1-4H3,(H,20,24)(H2,19,21,22). The van der Waals surface area contributed by atoms with Crippen LogP contribution in [0.1, 0.15) is 53.4 Å². The van der Waals surface area contributed by atoms with Gasteiger partial charge in [-0.15, -0.1) is 0 Å². The van der Waals surface area contributed by atoms with Gasteiger partial charge in [0.2, 0.25) is 5.91 Å². The third kappa shape index (κ3) is 9.11. The highest BCUT2D eigenvalue weighted by molar-refractivity contribution is 5.81. The number of guanidine groups is 1. The third-order valence-electron chi connectivity index (χ3n) is 4.36. The fourth-order valence-electron chi connectivity index (χ4n) is 2.62. The van der Waals surface area contributed by atoms with Gasteiger partial charge in [0.1, 0.15) is 0 Å². The molecular weight excluding hydrogens is 302 g/mol. The monoisotopic (exact) mass is 339 g/mol. The SMILES string of the molecule is CCNC(=NCCNC(=O)C1CC1)NC(C)CCCN(CC)CC. The highest BCUT2D eigenvalue weighted by Gasteiger charge is 2.28. The van der Waals surface area contributed by atoms with Gasteiger partial charge in [0.15, 0.2) is 5.96 Å². The minimum Gasteiger partial charge on any atom is -0.357 e. The van der Waals surface area contributed by atoms with E-state index in [1.54, 1.807) is 0 Å². The lowest BCUT2D eigenvalue weighted by Crippen LogP contribution is -2.43. The van der Waals surface area contributed by atoms with Crippen LogP contribution in [0, 0.1) is 5.92 Å². The van der Waals surface area contributed by atoms with E-state index >= 15 is 0 Å². The summed E-state index contributed by atoms with van der Waals surface area (Å²) >= 11 is 0. The summed E-state index contributed by atoms with van der Waals surface area (Å²) in [6, 6.07) is 0.388. The summed E-state index contributed by atoms with van der Waals surface area (Å²) in [5.74, 6) is 1.30. The van der Waals surface area contributed by atoms with Gasteiger partial charge in [0, 0.05) is 25.0 Å². The van der Waals surface area contributed by atoms with Gasteiger partial charge in [-0.1, -0.05) is 13.8 Å². The van der Waals surface area contributed by atoms with Gasteiger partial charge in [-0.2, -0.15) is 0 Å². The molecule has 6 nitrogen and oxygen atoms in total. The summed E-state index contributed by atoms with van der Waals surface area (Å²) in [4.78, 5) is 18.6. The molecule has 1 atom stereocenters. The topological polar surface area (TPSA) is 68.8 Å². The number of carbonyl (C=O) groups excluding carboxylic acids is 1. The number of aliphatic imine (C=N–C) groups is 1. The molecular formula is C18H37N5O. The van der Waals surface area contributed by atoms with Crippen LogP contribution in [-0.2, 0) is 4.79 Å². The summed E-state index contributed by atoms with van der Waals surface area (Å²) < 4.78 is 0. The number of carbonyl (C=O) groups is 1. The highest BCUT2D eigenvalue weighted by atomic mass is 16.2. The average molecular weight is 340 g/mol. The van der Waals surface area contributed by atoms with E-state index in [9.17, 15) is 4.79 Å². The summed E-state index contributed by atoms with van der Waals surface area (Å²) in [5.41, 5.74) is 0. The number of nitrogens with zero attached hydrogens (tertiary/aromatic N) is 2. The van der Waals surface area contributed by atoms with Crippen LogP contribution in [0.15, 0.2) is 4.99 Å². The van der Waals surface area contributed by atoms with Crippen LogP contribution in [0.2, 0.25) is 0 Å². The van der Waals surface area contributed by atoms with E-state index in [1.165, 1.54) is 6.42 Å². The first-order valence-corrected chi connectivity index (χ1v) is 9.65. The number of hydrogen-bond donors (Lipinski definition) is 3. The van der Waals surface area contributed by atoms with E-state index in [-0.39, 0.29) is 11.8 Å². The van der Waals surface area contributed by atoms with Gasteiger partial charge in [-0.3, -0.25) is 9.79 Å². The second-order valence-corrected chi connectivity index (χ2v) is 6.54. The van der Waals surface area contributed by atoms with Crippen LogP contribution in [0.4, 0.5) is 0 Å². The molecule has 1 aliphatic rings. The Bertz CT molecular complexity index is 378. The van der Waals surface area contributed by atoms with Crippen molar-refractivity contribution in [3.63, 3.8) is 0 Å². The van der Waals surface area contributed by atoms with Gasteiger partial charge < -0.3 is 20.9 Å². The van der Waals surface area contributed by atoms with Crippen LogP contribution < -0.4 is 16.0 Å². The van der Waals surface area contributed by atoms with Crippen LogP contribution in [0.5, 0.6) is 0 Å². The molecule has 1 amide bonds. The van der Waals surface area contributed by atoms with E-state index in [4.69, 9.17) is 0 Å². The molecule has 1 unspecified atom stereocenters. The maximum absolute atomic E-state index is 11.6. The maximum Gasteiger partial charge on any atom is 0.223 e. The fraction of sp³-hybridized carbons (Fsp3) is 0.889. The Morgan fingerprint density at radius 3 is 2.50 bits per heavy atom. The van der Waals surface area contributed by atoms with E-state index in [0.717, 1.165) is 51.4 Å². The molecule has 3 N–H and O–H groups in total. The molecule has 0 spiro atoms. The van der Waals surface area contributed by atoms with Gasteiger partial charge in [0.25, 0.3) is 0 Å². The molecule has 0 aromatic heterocycles. The van der Waals surface area contributed by atoms with Crippen molar-refractivity contribution in [1.82, 2.24) is 20.9 Å². The number of hydrogen-bond acceptors (Lipinski definition) is 3. The zero-order valence-electron chi connectivity index (χ0n) is 16.0. The summed E-state index contributed by atoms with van der Waals surface area (Å²) in [6.07, 6.45) is 4.40. The second-order valence-electron chi connectivity index (χ2n) is 6.54. The Morgan fingerprint density at radius 2 is 1.92 bits per heavy atom. The van der Waals surface area contributed by atoms with Crippen LogP contribution in [0.25, 0.3) is 0 Å². The average Bonchev–Trinajstić information content (AvgIpc) is 3.40. The molecule has 6 heteroatoms. The minimum atomic E-state index is 0.188. The quantitative estimate of drug-likeness (QED) is 0.287. The lowest BCUT2D eigenvalue weighted by Gasteiger charge is -2.21. The van der Waals surface area contributed by atoms with E-state index in [0.29, 0.717) is 19.1 Å². The fourth-order valence-corrected chi connectivity index (χ4v) is 2.62. The Labute approximate surface area is 147 Å². The predicted molar refractivity (Wildman–Crippen MR) is 101 cm³/mol. The van der Waals surface area contributed by atoms with Crippen molar-refractivity contribution in [2.24, 2.45) is 10.9 Å². The van der Waals surface area contributed by atoms with Crippen LogP contribution in [-0.4, -0.2) is 62.1 Å². The highest BCUT2D eigenvalue weighted by Crippen LogP contribution is 2.28. The number of amides is 1. The molecule has 140 valence electrons. The number of nitrogens with one attached hydrogen (secondary N) is 3. The smallest absolute Gasteiger partial charge is 0.223 e. The van der Waals surface area contributed by atoms with Gasteiger partial charge in [-0.25, -0.2) is 0 Å². The largest absolute Gasteiger partial charge is 0.357 e. The van der Waals surface area contributed by atoms with Crippen molar-refractivity contribution in [2.45, 2.75) is 59.4 Å². The lowest BCUT2D eigenvalue weighted by molar-refractivity contribution is -0.122. The van der Waals surface area contributed by atoms with Gasteiger partial charge in [-0.05, 0) is 59.2 Å². The third-order valence-corrected chi connectivity index (χ3v) is 4.36. The second kappa shape index (κ2) is 12.1. The summed E-state index contributed by atoms with van der Waals surface area (Å²) in [7, 11) is 0. The first kappa shape index (κ1) is 20.7. The maximum atomic E-state index is 11.6. The first-order valence-electron chi connectivity index (χ1n) is 9.65. The zero-order chi connectivity index (χ0) is 17.8. The van der Waals surface area contributed by atoms with Crippen molar-refractivity contribution in [3.8, 4) is 0 Å². The molecule has 24 heavy (non-hydrogen) atoms. The summed E-state index contributed by atoms with van der Waals surface area (Å²) in [5, 5.41) is 9.68. The molecule has 0 saturated heterocycles. The van der Waals surface area contributed by atoms with E-state index in [1.807, 2.05) is 0 Å². The van der Waals surface area contributed by atoms with Crippen molar-refractivity contribution < 1.29 is 4.79 Å². The van der Waals surface area contributed by atoms with Crippen molar-refractivity contribution in [3.05, 3.63) is 0 Å². The molecule has 1 aliphatic carbocycles. The lowest BCUT2D eigenvalue weighted by atomic mass is 10.2. The minimum absolute atomic E-state index is 0.188. The molecule has 0 heterocycles. The van der Waals surface area contributed by atoms with Gasteiger partial charge in [0.05, 0.1) is 6.54 Å². The van der Waals surface area contributed by atoms with Gasteiger partial charge >= 0.3 is 0 Å². The van der Waals surface area contributed by atoms with Crippen LogP contribution in [0.3, 0.4) is 0 Å². The Balaban J connectivity index is 2.23.